The zero-order valence-electron chi connectivity index (χ0n) is 12.5. The van der Waals surface area contributed by atoms with Crippen LogP contribution in [0.5, 0.6) is 0 Å². The molecule has 6 nitrogen and oxygen atoms in total. The number of hydrogen-bond acceptors (Lipinski definition) is 6. The molecule has 0 amide bonds. The van der Waals surface area contributed by atoms with Gasteiger partial charge in [-0.3, -0.25) is 24.5 Å². The normalized spacial score (nSPS) is 26.4. The largest absolute Gasteiger partial charge is 0.298 e. The van der Waals surface area contributed by atoms with Crippen LogP contribution in [0.2, 0.25) is 0 Å². The fourth-order valence-electron chi connectivity index (χ4n) is 3.52. The van der Waals surface area contributed by atoms with Crippen molar-refractivity contribution in [3.63, 3.8) is 0 Å². The standard InChI is InChI=1S/C16H15NO5S/c1-23-10-4-5-11(12(7-10)17(21)22)16(20)13-14(18)8-2-3-9(6-8)15(13)19/h4-5,7-9,13H,2-3,6H2,1H3. The predicted molar refractivity (Wildman–Crippen MR) is 83.5 cm³/mol. The van der Waals surface area contributed by atoms with Crippen LogP contribution in [0.3, 0.4) is 0 Å². The summed E-state index contributed by atoms with van der Waals surface area (Å²) in [5.41, 5.74) is -0.499. The van der Waals surface area contributed by atoms with Gasteiger partial charge in [0.1, 0.15) is 5.92 Å². The lowest BCUT2D eigenvalue weighted by atomic mass is 9.75. The van der Waals surface area contributed by atoms with Gasteiger partial charge in [0, 0.05) is 22.8 Å². The van der Waals surface area contributed by atoms with Gasteiger partial charge in [-0.05, 0) is 37.7 Å². The molecule has 2 unspecified atom stereocenters. The number of carbonyl (C=O) groups is 3. The quantitative estimate of drug-likeness (QED) is 0.276. The number of fused-ring (bicyclic) bond motifs is 2. The summed E-state index contributed by atoms with van der Waals surface area (Å²) in [6, 6.07) is 4.25. The van der Waals surface area contributed by atoms with Crippen LogP contribution in [0.4, 0.5) is 5.69 Å². The van der Waals surface area contributed by atoms with Gasteiger partial charge in [-0.2, -0.15) is 0 Å². The Kier molecular flexibility index (Phi) is 4.06. The number of benzene rings is 1. The molecule has 0 heterocycles. The molecule has 1 aromatic rings. The van der Waals surface area contributed by atoms with Crippen LogP contribution in [0.1, 0.15) is 29.6 Å². The van der Waals surface area contributed by atoms with E-state index in [1.807, 2.05) is 0 Å². The number of thioether (sulfide) groups is 1. The highest BCUT2D eigenvalue weighted by Crippen LogP contribution is 2.42. The van der Waals surface area contributed by atoms with Crippen LogP contribution < -0.4 is 0 Å². The molecule has 2 aliphatic rings. The van der Waals surface area contributed by atoms with E-state index in [4.69, 9.17) is 0 Å². The second-order valence-corrected chi connectivity index (χ2v) is 6.83. The van der Waals surface area contributed by atoms with Crippen LogP contribution >= 0.6 is 11.8 Å². The van der Waals surface area contributed by atoms with Crippen molar-refractivity contribution < 1.29 is 19.3 Å². The first-order chi connectivity index (χ1) is 10.9. The van der Waals surface area contributed by atoms with Gasteiger partial charge in [0.2, 0.25) is 0 Å². The summed E-state index contributed by atoms with van der Waals surface area (Å²) in [6.07, 6.45) is 3.56. The van der Waals surface area contributed by atoms with Crippen LogP contribution in [0, 0.1) is 27.9 Å². The minimum Gasteiger partial charge on any atom is -0.298 e. The third-order valence-electron chi connectivity index (χ3n) is 4.74. The number of nitrogens with zero attached hydrogens (tertiary/aromatic N) is 1. The molecule has 1 aromatic carbocycles. The fourth-order valence-corrected chi connectivity index (χ4v) is 3.96. The Balaban J connectivity index is 2.02. The summed E-state index contributed by atoms with van der Waals surface area (Å²) < 4.78 is 0. The first kappa shape index (κ1) is 15.9. The maximum Gasteiger partial charge on any atom is 0.281 e. The van der Waals surface area contributed by atoms with Crippen LogP contribution in [-0.2, 0) is 9.59 Å². The number of hydrogen-bond donors (Lipinski definition) is 0. The third-order valence-corrected chi connectivity index (χ3v) is 5.46. The number of nitro benzene ring substituents is 1. The molecule has 3 rings (SSSR count). The molecule has 0 N–H and O–H groups in total. The van der Waals surface area contributed by atoms with Crippen molar-refractivity contribution in [1.82, 2.24) is 0 Å². The topological polar surface area (TPSA) is 94.3 Å². The first-order valence-corrected chi connectivity index (χ1v) is 8.60. The smallest absolute Gasteiger partial charge is 0.281 e. The van der Waals surface area contributed by atoms with Crippen molar-refractivity contribution in [3.05, 3.63) is 33.9 Å². The molecule has 2 fully saturated rings. The molecule has 0 aromatic heterocycles. The summed E-state index contributed by atoms with van der Waals surface area (Å²) in [7, 11) is 0. The summed E-state index contributed by atoms with van der Waals surface area (Å²) in [5.74, 6) is -3.32. The fraction of sp³-hybridized carbons (Fsp3) is 0.438. The molecular weight excluding hydrogens is 318 g/mol. The van der Waals surface area contributed by atoms with Crippen molar-refractivity contribution in [2.24, 2.45) is 17.8 Å². The van der Waals surface area contributed by atoms with E-state index in [1.165, 1.54) is 23.9 Å². The van der Waals surface area contributed by atoms with E-state index in [0.717, 1.165) is 0 Å². The minimum absolute atomic E-state index is 0.152. The molecule has 23 heavy (non-hydrogen) atoms. The molecule has 7 heteroatoms. The van der Waals surface area contributed by atoms with E-state index in [-0.39, 0.29) is 34.7 Å². The zero-order valence-corrected chi connectivity index (χ0v) is 13.3. The van der Waals surface area contributed by atoms with Gasteiger partial charge in [0.15, 0.2) is 17.3 Å². The van der Waals surface area contributed by atoms with Gasteiger partial charge < -0.3 is 0 Å². The maximum absolute atomic E-state index is 12.7. The van der Waals surface area contributed by atoms with Crippen LogP contribution in [0.25, 0.3) is 0 Å². The van der Waals surface area contributed by atoms with Crippen molar-refractivity contribution >= 4 is 34.8 Å². The SMILES string of the molecule is CSc1ccc(C(=O)C2C(=O)C3CCC(C3)C2=O)c([N+](=O)[O-])c1. The summed E-state index contributed by atoms with van der Waals surface area (Å²) in [4.78, 5) is 48.8. The van der Waals surface area contributed by atoms with Gasteiger partial charge in [-0.25, -0.2) is 0 Å². The molecule has 2 atom stereocenters. The summed E-state index contributed by atoms with van der Waals surface area (Å²) >= 11 is 1.32. The van der Waals surface area contributed by atoms with Gasteiger partial charge in [0.25, 0.3) is 5.69 Å². The van der Waals surface area contributed by atoms with Crippen molar-refractivity contribution in [2.75, 3.05) is 6.26 Å². The molecular formula is C16H15NO5S. The Morgan fingerprint density at radius 3 is 2.35 bits per heavy atom. The number of rotatable bonds is 4. The van der Waals surface area contributed by atoms with Gasteiger partial charge in [-0.1, -0.05) is 0 Å². The highest BCUT2D eigenvalue weighted by molar-refractivity contribution is 7.98. The van der Waals surface area contributed by atoms with Crippen LogP contribution in [0.15, 0.2) is 23.1 Å². The van der Waals surface area contributed by atoms with E-state index in [0.29, 0.717) is 24.2 Å². The monoisotopic (exact) mass is 333 g/mol. The Labute approximate surface area is 136 Å². The highest BCUT2D eigenvalue weighted by atomic mass is 32.2. The third kappa shape index (κ3) is 2.59. The Bertz CT molecular complexity index is 707. The average molecular weight is 333 g/mol. The van der Waals surface area contributed by atoms with Gasteiger partial charge in [0.05, 0.1) is 10.5 Å². The van der Waals surface area contributed by atoms with Gasteiger partial charge >= 0.3 is 0 Å². The minimum atomic E-state index is -1.36. The Morgan fingerprint density at radius 2 is 1.83 bits per heavy atom. The molecule has 2 saturated carbocycles. The highest BCUT2D eigenvalue weighted by Gasteiger charge is 2.50. The molecule has 2 aliphatic carbocycles. The second-order valence-electron chi connectivity index (χ2n) is 5.95. The number of Topliss-reactive ketones (excluding diaryl/α,β-unsaturated/α-hetero) is 3. The molecule has 120 valence electrons. The number of nitro groups is 1. The van der Waals surface area contributed by atoms with E-state index in [2.05, 4.69) is 0 Å². The second kappa shape index (κ2) is 5.88. The molecule has 0 spiro atoms. The van der Waals surface area contributed by atoms with Crippen molar-refractivity contribution in [1.29, 1.82) is 0 Å². The lowest BCUT2D eigenvalue weighted by Crippen LogP contribution is -2.41. The number of carbonyl (C=O) groups excluding carboxylic acids is 3. The first-order valence-electron chi connectivity index (χ1n) is 7.38. The average Bonchev–Trinajstić information content (AvgIpc) is 2.99. The number of ketones is 3. The van der Waals surface area contributed by atoms with Crippen LogP contribution in [-0.4, -0.2) is 28.5 Å². The molecule has 2 bridgehead atoms. The van der Waals surface area contributed by atoms with Gasteiger partial charge in [-0.15, -0.1) is 11.8 Å². The Morgan fingerprint density at radius 1 is 1.22 bits per heavy atom. The molecule has 0 saturated heterocycles. The van der Waals surface area contributed by atoms with Crippen molar-refractivity contribution in [2.45, 2.75) is 24.2 Å². The summed E-state index contributed by atoms with van der Waals surface area (Å²) in [5, 5.41) is 11.3. The lowest BCUT2D eigenvalue weighted by Gasteiger charge is -2.24. The van der Waals surface area contributed by atoms with E-state index >= 15 is 0 Å². The van der Waals surface area contributed by atoms with E-state index in [9.17, 15) is 24.5 Å². The van der Waals surface area contributed by atoms with E-state index in [1.54, 1.807) is 12.3 Å². The van der Waals surface area contributed by atoms with Crippen molar-refractivity contribution in [3.8, 4) is 0 Å². The maximum atomic E-state index is 12.7. The van der Waals surface area contributed by atoms with E-state index < -0.39 is 16.6 Å². The molecule has 0 aliphatic heterocycles. The zero-order chi connectivity index (χ0) is 16.7. The summed E-state index contributed by atoms with van der Waals surface area (Å²) in [6.45, 7) is 0. The Hall–Kier alpha value is -2.02. The lowest BCUT2D eigenvalue weighted by molar-refractivity contribution is -0.385. The molecule has 0 radical (unpaired) electrons. The predicted octanol–water partition coefficient (Wildman–Crippen LogP) is 2.68.